The summed E-state index contributed by atoms with van der Waals surface area (Å²) in [4.78, 5) is 14.5. The predicted molar refractivity (Wildman–Crippen MR) is 133 cm³/mol. The second kappa shape index (κ2) is 9.39. The molecule has 1 fully saturated rings. The Morgan fingerprint density at radius 1 is 0.903 bits per heavy atom. The van der Waals surface area contributed by atoms with Gasteiger partial charge in [-0.2, -0.15) is 9.97 Å². The molecular formula is C24H34N6S. The molecule has 0 spiro atoms. The van der Waals surface area contributed by atoms with E-state index >= 15 is 0 Å². The fourth-order valence-corrected chi connectivity index (χ4v) is 4.66. The molecule has 2 aliphatic heterocycles. The largest absolute Gasteiger partial charge is 0.358 e. The van der Waals surface area contributed by atoms with Crippen molar-refractivity contribution in [3.8, 4) is 0 Å². The van der Waals surface area contributed by atoms with Crippen LogP contribution in [0.3, 0.4) is 0 Å². The van der Waals surface area contributed by atoms with Gasteiger partial charge in [0.1, 0.15) is 11.6 Å². The molecule has 31 heavy (non-hydrogen) atoms. The highest BCUT2D eigenvalue weighted by Gasteiger charge is 2.21. The van der Waals surface area contributed by atoms with Crippen LogP contribution in [0.4, 0.5) is 17.6 Å². The number of aromatic nitrogens is 2. The van der Waals surface area contributed by atoms with Crippen LogP contribution in [0.5, 0.6) is 0 Å². The number of hydrogen-bond acceptors (Lipinski definition) is 5. The maximum Gasteiger partial charge on any atom is 0.232 e. The molecule has 0 aliphatic carbocycles. The van der Waals surface area contributed by atoms with Gasteiger partial charge in [-0.25, -0.2) is 0 Å². The number of nitrogens with one attached hydrogen (secondary N) is 2. The normalized spacial score (nSPS) is 17.0. The summed E-state index contributed by atoms with van der Waals surface area (Å²) in [5, 5.41) is 7.09. The van der Waals surface area contributed by atoms with Crippen molar-refractivity contribution in [1.82, 2.24) is 15.3 Å². The van der Waals surface area contributed by atoms with Crippen molar-refractivity contribution in [2.75, 3.05) is 34.8 Å². The van der Waals surface area contributed by atoms with Crippen LogP contribution in [-0.4, -0.2) is 40.3 Å². The smallest absolute Gasteiger partial charge is 0.232 e. The van der Waals surface area contributed by atoms with E-state index in [0.29, 0.717) is 11.1 Å². The van der Waals surface area contributed by atoms with Crippen molar-refractivity contribution in [3.63, 3.8) is 0 Å². The Morgan fingerprint density at radius 3 is 2.23 bits per heavy atom. The first kappa shape index (κ1) is 21.8. The average Bonchev–Trinajstić information content (AvgIpc) is 3.01. The van der Waals surface area contributed by atoms with Gasteiger partial charge in [-0.3, -0.25) is 0 Å². The lowest BCUT2D eigenvalue weighted by molar-refractivity contribution is 0.514. The third kappa shape index (κ3) is 5.85. The van der Waals surface area contributed by atoms with Gasteiger partial charge in [0.05, 0.1) is 0 Å². The van der Waals surface area contributed by atoms with Gasteiger partial charge in [-0.05, 0) is 63.4 Å². The van der Waals surface area contributed by atoms with Crippen molar-refractivity contribution in [3.05, 3.63) is 41.5 Å². The quantitative estimate of drug-likeness (QED) is 0.684. The number of benzene rings is 1. The van der Waals surface area contributed by atoms with Gasteiger partial charge in [0.25, 0.3) is 0 Å². The molecule has 2 aromatic rings. The second-order valence-electron chi connectivity index (χ2n) is 9.58. The molecule has 1 aromatic carbocycles. The zero-order valence-electron chi connectivity index (χ0n) is 18.9. The summed E-state index contributed by atoms with van der Waals surface area (Å²) in [7, 11) is 0. The minimum Gasteiger partial charge on any atom is -0.358 e. The zero-order chi connectivity index (χ0) is 21.8. The summed E-state index contributed by atoms with van der Waals surface area (Å²) in [6.07, 6.45) is 6.04. The minimum atomic E-state index is -0.119. The number of rotatable bonds is 3. The fourth-order valence-electron chi connectivity index (χ4n) is 4.27. The maximum atomic E-state index is 5.53. The molecular weight excluding hydrogens is 404 g/mol. The third-order valence-electron chi connectivity index (χ3n) is 5.80. The molecule has 6 nitrogen and oxygen atoms in total. The molecule has 0 saturated carbocycles. The lowest BCUT2D eigenvalue weighted by atomic mass is 10.00. The first-order chi connectivity index (χ1) is 14.9. The average molecular weight is 439 g/mol. The highest BCUT2D eigenvalue weighted by Crippen LogP contribution is 2.28. The van der Waals surface area contributed by atoms with Gasteiger partial charge in [-0.1, -0.05) is 37.1 Å². The summed E-state index contributed by atoms with van der Waals surface area (Å²) < 4.78 is 0. The molecule has 0 unspecified atom stereocenters. The number of nitrogens with zero attached hydrogens (tertiary/aromatic N) is 4. The lowest BCUT2D eigenvalue weighted by Gasteiger charge is -2.31. The van der Waals surface area contributed by atoms with Gasteiger partial charge in [0.15, 0.2) is 5.11 Å². The van der Waals surface area contributed by atoms with Crippen molar-refractivity contribution >= 4 is 34.9 Å². The Bertz CT molecular complexity index is 915. The molecule has 1 aromatic heterocycles. The van der Waals surface area contributed by atoms with Crippen LogP contribution in [-0.2, 0) is 13.0 Å². The van der Waals surface area contributed by atoms with E-state index in [1.54, 1.807) is 0 Å². The van der Waals surface area contributed by atoms with Crippen molar-refractivity contribution in [2.45, 2.75) is 65.0 Å². The SMILES string of the molecule is CC(C)(C)NC(=S)Nc1nc(N2CCCCCC2)cc(N2CCc3ccccc3C2)n1. The van der Waals surface area contributed by atoms with Crippen LogP contribution in [0, 0.1) is 0 Å². The molecule has 2 aliphatic rings. The minimum absolute atomic E-state index is 0.119. The van der Waals surface area contributed by atoms with Gasteiger partial charge < -0.3 is 20.4 Å². The predicted octanol–water partition coefficient (Wildman–Crippen LogP) is 4.50. The molecule has 3 heterocycles. The molecule has 166 valence electrons. The Morgan fingerprint density at radius 2 is 1.55 bits per heavy atom. The van der Waals surface area contributed by atoms with E-state index in [1.165, 1.54) is 36.8 Å². The molecule has 0 radical (unpaired) electrons. The number of thiocarbonyl (C=S) groups is 1. The van der Waals surface area contributed by atoms with Crippen molar-refractivity contribution in [1.29, 1.82) is 0 Å². The first-order valence-corrected chi connectivity index (χ1v) is 11.8. The third-order valence-corrected chi connectivity index (χ3v) is 6.00. The Kier molecular flexibility index (Phi) is 6.60. The number of hydrogen-bond donors (Lipinski definition) is 2. The molecule has 2 N–H and O–H groups in total. The van der Waals surface area contributed by atoms with Crippen LogP contribution in [0.15, 0.2) is 30.3 Å². The van der Waals surface area contributed by atoms with Crippen LogP contribution in [0.1, 0.15) is 57.6 Å². The van der Waals surface area contributed by atoms with E-state index in [0.717, 1.165) is 44.2 Å². The summed E-state index contributed by atoms with van der Waals surface area (Å²) >= 11 is 5.53. The van der Waals surface area contributed by atoms with Gasteiger partial charge in [0.2, 0.25) is 5.95 Å². The standard InChI is InChI=1S/C24H34N6S/c1-24(2,3)28-23(31)27-22-25-20(29-13-8-4-5-9-14-29)16-21(26-22)30-15-12-18-10-6-7-11-19(18)17-30/h6-7,10-11,16H,4-5,8-9,12-15,17H2,1-3H3,(H2,25,26,27,28,31). The van der Waals surface area contributed by atoms with E-state index in [9.17, 15) is 0 Å². The molecule has 0 amide bonds. The van der Waals surface area contributed by atoms with E-state index in [1.807, 2.05) is 0 Å². The summed E-state index contributed by atoms with van der Waals surface area (Å²) in [6, 6.07) is 10.9. The van der Waals surface area contributed by atoms with Gasteiger partial charge in [0, 0.05) is 37.8 Å². The first-order valence-electron chi connectivity index (χ1n) is 11.4. The molecule has 4 rings (SSSR count). The Balaban J connectivity index is 1.62. The Hall–Kier alpha value is -2.41. The van der Waals surface area contributed by atoms with E-state index < -0.39 is 0 Å². The van der Waals surface area contributed by atoms with Gasteiger partial charge in [-0.15, -0.1) is 0 Å². The highest BCUT2D eigenvalue weighted by molar-refractivity contribution is 7.80. The second-order valence-corrected chi connectivity index (χ2v) is 9.99. The topological polar surface area (TPSA) is 56.3 Å². The zero-order valence-corrected chi connectivity index (χ0v) is 19.8. The lowest BCUT2D eigenvalue weighted by Crippen LogP contribution is -2.43. The summed E-state index contributed by atoms with van der Waals surface area (Å²) in [5.74, 6) is 2.52. The van der Waals surface area contributed by atoms with Crippen molar-refractivity contribution in [2.24, 2.45) is 0 Å². The monoisotopic (exact) mass is 438 g/mol. The van der Waals surface area contributed by atoms with Gasteiger partial charge >= 0.3 is 0 Å². The van der Waals surface area contributed by atoms with Crippen LogP contribution in [0.25, 0.3) is 0 Å². The molecule has 1 saturated heterocycles. The van der Waals surface area contributed by atoms with E-state index in [-0.39, 0.29) is 5.54 Å². The number of fused-ring (bicyclic) bond motifs is 1. The van der Waals surface area contributed by atoms with E-state index in [4.69, 9.17) is 22.2 Å². The molecule has 7 heteroatoms. The van der Waals surface area contributed by atoms with E-state index in [2.05, 4.69) is 71.5 Å². The van der Waals surface area contributed by atoms with Crippen LogP contribution in [0.2, 0.25) is 0 Å². The highest BCUT2D eigenvalue weighted by atomic mass is 32.1. The molecule has 0 bridgehead atoms. The maximum absolute atomic E-state index is 5.53. The summed E-state index contributed by atoms with van der Waals surface area (Å²) in [6.45, 7) is 10.2. The Labute approximate surface area is 191 Å². The van der Waals surface area contributed by atoms with Crippen LogP contribution >= 0.6 is 12.2 Å². The van der Waals surface area contributed by atoms with Crippen LogP contribution < -0.4 is 20.4 Å². The fraction of sp³-hybridized carbons (Fsp3) is 0.542. The number of anilines is 3. The summed E-state index contributed by atoms with van der Waals surface area (Å²) in [5.41, 5.74) is 2.70. The molecule has 0 atom stereocenters. The van der Waals surface area contributed by atoms with Crippen molar-refractivity contribution < 1.29 is 0 Å².